The van der Waals surface area contributed by atoms with Gasteiger partial charge in [-0.15, -0.1) is 10.2 Å². The van der Waals surface area contributed by atoms with Crippen molar-refractivity contribution in [3.8, 4) is 28.1 Å². The molecule has 1 atom stereocenters. The number of piperidine rings is 1. The number of anilines is 1. The van der Waals surface area contributed by atoms with Gasteiger partial charge in [-0.3, -0.25) is 4.68 Å². The summed E-state index contributed by atoms with van der Waals surface area (Å²) in [5, 5.41) is 26.1. The highest BCUT2D eigenvalue weighted by Crippen LogP contribution is 2.32. The number of hydrogen-bond acceptors (Lipinski definition) is 6. The Morgan fingerprint density at radius 1 is 1.20 bits per heavy atom. The number of aromatic nitrogens is 4. The number of nitrogens with zero attached hydrogens (tertiary/aromatic N) is 4. The minimum Gasteiger partial charge on any atom is -0.507 e. The van der Waals surface area contributed by atoms with Gasteiger partial charge in [0.05, 0.1) is 17.9 Å². The number of rotatable bonds is 3. The van der Waals surface area contributed by atoms with Gasteiger partial charge < -0.3 is 16.2 Å². The van der Waals surface area contributed by atoms with Gasteiger partial charge in [0.1, 0.15) is 5.75 Å². The first-order valence-corrected chi connectivity index (χ1v) is 8.39. The zero-order valence-corrected chi connectivity index (χ0v) is 13.8. The number of hydrogen-bond donors (Lipinski definition) is 3. The summed E-state index contributed by atoms with van der Waals surface area (Å²) in [7, 11) is 0. The third kappa shape index (κ3) is 3.06. The molecule has 1 aromatic carbocycles. The fraction of sp³-hybridized carbons (Fsp3) is 0.278. The molecule has 7 heteroatoms. The van der Waals surface area contributed by atoms with Crippen molar-refractivity contribution in [3.05, 3.63) is 42.7 Å². The molecule has 25 heavy (non-hydrogen) atoms. The number of para-hydroxylation sites is 1. The highest BCUT2D eigenvalue weighted by molar-refractivity contribution is 5.78. The lowest BCUT2D eigenvalue weighted by molar-refractivity contribution is 0.347. The fourth-order valence-electron chi connectivity index (χ4n) is 3.19. The summed E-state index contributed by atoms with van der Waals surface area (Å²) >= 11 is 0. The molecular formula is C18H20N6O. The second kappa shape index (κ2) is 6.52. The van der Waals surface area contributed by atoms with Gasteiger partial charge in [-0.25, -0.2) is 0 Å². The molecule has 2 aromatic heterocycles. The van der Waals surface area contributed by atoms with Crippen LogP contribution >= 0.6 is 0 Å². The van der Waals surface area contributed by atoms with Crippen LogP contribution in [0.4, 0.5) is 5.82 Å². The summed E-state index contributed by atoms with van der Waals surface area (Å²) in [6, 6.07) is 9.25. The number of phenolic OH excluding ortho intramolecular Hbond substituents is 1. The van der Waals surface area contributed by atoms with Crippen LogP contribution in [-0.4, -0.2) is 38.2 Å². The molecule has 0 bridgehead atoms. The summed E-state index contributed by atoms with van der Waals surface area (Å²) in [4.78, 5) is 0. The molecular weight excluding hydrogens is 316 g/mol. The van der Waals surface area contributed by atoms with Crippen LogP contribution in [0.3, 0.4) is 0 Å². The van der Waals surface area contributed by atoms with E-state index in [1.54, 1.807) is 24.4 Å². The molecule has 7 nitrogen and oxygen atoms in total. The molecule has 0 amide bonds. The monoisotopic (exact) mass is 336 g/mol. The maximum Gasteiger partial charge on any atom is 0.154 e. The van der Waals surface area contributed by atoms with Crippen LogP contribution in [0.25, 0.3) is 22.4 Å². The van der Waals surface area contributed by atoms with E-state index in [-0.39, 0.29) is 5.75 Å². The lowest BCUT2D eigenvalue weighted by Gasteiger charge is -2.22. The largest absolute Gasteiger partial charge is 0.507 e. The molecule has 0 saturated carbocycles. The molecule has 3 aromatic rings. The van der Waals surface area contributed by atoms with E-state index in [1.165, 1.54) is 0 Å². The molecule has 3 heterocycles. The Bertz CT molecular complexity index is 885. The van der Waals surface area contributed by atoms with E-state index in [1.807, 2.05) is 23.0 Å². The first-order chi connectivity index (χ1) is 12.2. The Hall–Kier alpha value is -2.93. The summed E-state index contributed by atoms with van der Waals surface area (Å²) in [6.45, 7) is 1.99. The molecule has 128 valence electrons. The number of nitrogens with two attached hydrogens (primary N) is 1. The van der Waals surface area contributed by atoms with E-state index in [0.717, 1.165) is 37.1 Å². The number of phenols is 1. The molecule has 0 aliphatic carbocycles. The van der Waals surface area contributed by atoms with Crippen LogP contribution in [0.1, 0.15) is 18.9 Å². The normalized spacial score (nSPS) is 17.5. The van der Waals surface area contributed by atoms with E-state index >= 15 is 0 Å². The molecule has 4 N–H and O–H groups in total. The summed E-state index contributed by atoms with van der Waals surface area (Å²) in [5.74, 6) is 0.511. The van der Waals surface area contributed by atoms with Crippen molar-refractivity contribution in [1.29, 1.82) is 0 Å². The zero-order valence-electron chi connectivity index (χ0n) is 13.8. The van der Waals surface area contributed by atoms with Crippen molar-refractivity contribution in [2.45, 2.75) is 18.9 Å². The standard InChI is InChI=1S/C18H20N6O/c19-18-15(8-16(22-23-18)14-5-1-2-6-17(14)25)12-9-21-24(11-12)13-4-3-7-20-10-13/h1-2,5-6,8-9,11,13,20,25H,3-4,7,10H2,(H2,19,23). The zero-order chi connectivity index (χ0) is 17.2. The number of benzene rings is 1. The predicted octanol–water partition coefficient (Wildman–Crippen LogP) is 2.22. The Morgan fingerprint density at radius 3 is 2.88 bits per heavy atom. The van der Waals surface area contributed by atoms with Crippen molar-refractivity contribution >= 4 is 5.82 Å². The molecule has 1 saturated heterocycles. The maximum absolute atomic E-state index is 10.0. The van der Waals surface area contributed by atoms with Crippen molar-refractivity contribution in [3.63, 3.8) is 0 Å². The topological polar surface area (TPSA) is 102 Å². The molecule has 0 spiro atoms. The Morgan fingerprint density at radius 2 is 2.08 bits per heavy atom. The van der Waals surface area contributed by atoms with Crippen molar-refractivity contribution in [1.82, 2.24) is 25.3 Å². The lowest BCUT2D eigenvalue weighted by Crippen LogP contribution is -2.31. The van der Waals surface area contributed by atoms with Gasteiger partial charge in [-0.05, 0) is 37.6 Å². The van der Waals surface area contributed by atoms with E-state index < -0.39 is 0 Å². The van der Waals surface area contributed by atoms with Crippen LogP contribution in [0.15, 0.2) is 42.7 Å². The Kier molecular flexibility index (Phi) is 4.07. The van der Waals surface area contributed by atoms with Gasteiger partial charge in [0.15, 0.2) is 5.82 Å². The van der Waals surface area contributed by atoms with E-state index in [4.69, 9.17) is 5.73 Å². The molecule has 1 fully saturated rings. The third-order valence-corrected chi connectivity index (χ3v) is 4.56. The summed E-state index contributed by atoms with van der Waals surface area (Å²) in [5.41, 5.74) is 8.91. The van der Waals surface area contributed by atoms with Gasteiger partial charge in [0.25, 0.3) is 0 Å². The van der Waals surface area contributed by atoms with Crippen molar-refractivity contribution in [2.75, 3.05) is 18.8 Å². The smallest absolute Gasteiger partial charge is 0.154 e. The van der Waals surface area contributed by atoms with Gasteiger partial charge >= 0.3 is 0 Å². The maximum atomic E-state index is 10.0. The first-order valence-electron chi connectivity index (χ1n) is 8.39. The van der Waals surface area contributed by atoms with Gasteiger partial charge in [-0.1, -0.05) is 12.1 Å². The van der Waals surface area contributed by atoms with Crippen molar-refractivity contribution < 1.29 is 5.11 Å². The fourth-order valence-corrected chi connectivity index (χ4v) is 3.19. The first kappa shape index (κ1) is 15.6. The van der Waals surface area contributed by atoms with Crippen LogP contribution in [-0.2, 0) is 0 Å². The van der Waals surface area contributed by atoms with Crippen LogP contribution in [0.5, 0.6) is 5.75 Å². The number of nitrogen functional groups attached to an aromatic ring is 1. The van der Waals surface area contributed by atoms with Gasteiger partial charge in [0.2, 0.25) is 0 Å². The SMILES string of the molecule is Nc1nnc(-c2ccccc2O)cc1-c1cnn(C2CCCNC2)c1. The summed E-state index contributed by atoms with van der Waals surface area (Å²) in [6.07, 6.45) is 6.06. The minimum atomic E-state index is 0.163. The van der Waals surface area contributed by atoms with E-state index in [2.05, 4.69) is 20.6 Å². The highest BCUT2D eigenvalue weighted by Gasteiger charge is 2.17. The molecule has 1 unspecified atom stereocenters. The highest BCUT2D eigenvalue weighted by atomic mass is 16.3. The van der Waals surface area contributed by atoms with Crippen LogP contribution in [0, 0.1) is 0 Å². The van der Waals surface area contributed by atoms with Crippen molar-refractivity contribution in [2.24, 2.45) is 0 Å². The van der Waals surface area contributed by atoms with E-state index in [0.29, 0.717) is 23.1 Å². The van der Waals surface area contributed by atoms with Crippen LogP contribution in [0.2, 0.25) is 0 Å². The quantitative estimate of drug-likeness (QED) is 0.678. The second-order valence-corrected chi connectivity index (χ2v) is 6.25. The summed E-state index contributed by atoms with van der Waals surface area (Å²) < 4.78 is 1.99. The molecule has 1 aliphatic rings. The number of aromatic hydroxyl groups is 1. The minimum absolute atomic E-state index is 0.163. The van der Waals surface area contributed by atoms with Gasteiger partial charge in [-0.2, -0.15) is 5.10 Å². The molecule has 4 rings (SSSR count). The van der Waals surface area contributed by atoms with E-state index in [9.17, 15) is 5.11 Å². The average molecular weight is 336 g/mol. The Labute approximate surface area is 145 Å². The molecule has 1 aliphatic heterocycles. The lowest BCUT2D eigenvalue weighted by atomic mass is 10.1. The van der Waals surface area contributed by atoms with Crippen LogP contribution < -0.4 is 11.1 Å². The third-order valence-electron chi connectivity index (χ3n) is 4.56. The molecule has 0 radical (unpaired) electrons. The second-order valence-electron chi connectivity index (χ2n) is 6.25. The number of nitrogens with one attached hydrogen (secondary N) is 1. The Balaban J connectivity index is 1.70. The van der Waals surface area contributed by atoms with Gasteiger partial charge in [0, 0.05) is 29.4 Å². The predicted molar refractivity (Wildman–Crippen MR) is 95.9 cm³/mol. The average Bonchev–Trinajstić information content (AvgIpc) is 3.13.